The Labute approximate surface area is 626 Å². The second-order valence-electron chi connectivity index (χ2n) is 35.4. The maximum atomic E-state index is 6.37. The number of aromatic nitrogens is 10. The summed E-state index contributed by atoms with van der Waals surface area (Å²) in [5.74, 6) is 7.94. The van der Waals surface area contributed by atoms with Crippen LogP contribution in [0.3, 0.4) is 0 Å². The van der Waals surface area contributed by atoms with Crippen LogP contribution in [0.5, 0.6) is 0 Å². The number of anilines is 2. The number of nitrogens with zero attached hydrogens (tertiary/aromatic N) is 12. The van der Waals surface area contributed by atoms with Gasteiger partial charge >= 0.3 is 7.12 Å². The predicted octanol–water partition coefficient (Wildman–Crippen LogP) is 18.1. The fourth-order valence-corrected chi connectivity index (χ4v) is 18.0. The molecule has 4 bridgehead atoms. The number of benzene rings is 2. The molecule has 2 unspecified atom stereocenters. The van der Waals surface area contributed by atoms with Gasteiger partial charge in [0.15, 0.2) is 22.9 Å². The third-order valence-corrected chi connectivity index (χ3v) is 29.0. The third kappa shape index (κ3) is 21.3. The minimum Gasteiger partial charge on any atom is -0.399 e. The Balaban J connectivity index is 0.000000164. The molecule has 0 spiro atoms. The van der Waals surface area contributed by atoms with Crippen molar-refractivity contribution in [1.82, 2.24) is 49.1 Å². The third-order valence-electron chi connectivity index (χ3n) is 21.4. The molecule has 550 valence electrons. The molecule has 5 aliphatic rings. The monoisotopic (exact) mass is 1570 g/mol. The summed E-state index contributed by atoms with van der Waals surface area (Å²) in [7, 11) is -5.03. The van der Waals surface area contributed by atoms with Crippen molar-refractivity contribution in [3.8, 4) is 33.9 Å². The van der Waals surface area contributed by atoms with Crippen molar-refractivity contribution in [2.24, 2.45) is 23.7 Å². The maximum absolute atomic E-state index is 6.37. The Hall–Kier alpha value is -5.14. The van der Waals surface area contributed by atoms with Gasteiger partial charge in [-0.2, -0.15) is 19.2 Å². The molecule has 4 saturated carbocycles. The fourth-order valence-electron chi connectivity index (χ4n) is 14.5. The molecule has 6 atom stereocenters. The lowest BCUT2D eigenvalue weighted by Crippen LogP contribution is -2.41. The van der Waals surface area contributed by atoms with Crippen LogP contribution in [0, 0.1) is 27.2 Å². The van der Waals surface area contributed by atoms with Crippen molar-refractivity contribution in [3.63, 3.8) is 0 Å². The number of rotatable bonds is 28. The Kier molecular flexibility index (Phi) is 25.8. The van der Waals surface area contributed by atoms with Gasteiger partial charge in [0.25, 0.3) is 0 Å². The first-order valence-electron chi connectivity index (χ1n) is 37.7. The summed E-state index contributed by atoms with van der Waals surface area (Å²) in [5, 5.41) is 9.66. The first-order chi connectivity index (χ1) is 48.4. The van der Waals surface area contributed by atoms with Crippen LogP contribution in [-0.2, 0) is 28.3 Å². The van der Waals surface area contributed by atoms with Crippen LogP contribution in [0.25, 0.3) is 45.2 Å². The zero-order valence-corrected chi connectivity index (χ0v) is 70.3. The van der Waals surface area contributed by atoms with Crippen molar-refractivity contribution in [2.75, 3.05) is 63.2 Å². The first kappa shape index (κ1) is 77.9. The molecular formula is C78H116BIN12O6Si4. The Morgan fingerprint density at radius 1 is 0.471 bits per heavy atom. The fraction of sp³-hybridized carbons (Fsp3) is 0.590. The normalized spacial score (nSPS) is 20.9. The van der Waals surface area contributed by atoms with Crippen LogP contribution in [-0.4, -0.2) is 153 Å². The first-order valence-corrected chi connectivity index (χ1v) is 53.7. The highest BCUT2D eigenvalue weighted by Gasteiger charge is 2.52. The maximum Gasteiger partial charge on any atom is 0.494 e. The molecule has 5 fully saturated rings. The van der Waals surface area contributed by atoms with Gasteiger partial charge in [-0.25, -0.2) is 29.9 Å². The van der Waals surface area contributed by atoms with E-state index in [2.05, 4.69) is 195 Å². The van der Waals surface area contributed by atoms with E-state index in [9.17, 15) is 0 Å². The number of halogens is 1. The van der Waals surface area contributed by atoms with Gasteiger partial charge in [0, 0.05) is 136 Å². The van der Waals surface area contributed by atoms with Crippen LogP contribution < -0.4 is 15.3 Å². The number of fused-ring (bicyclic) bond motifs is 6. The highest BCUT2D eigenvalue weighted by Crippen LogP contribution is 2.50. The van der Waals surface area contributed by atoms with Crippen molar-refractivity contribution < 1.29 is 28.3 Å². The molecule has 102 heavy (non-hydrogen) atoms. The summed E-state index contributed by atoms with van der Waals surface area (Å²) >= 11 is 2.37. The molecule has 6 aromatic heterocycles. The standard InChI is InChI=1S/C36H52N6O2Si2.C26H45IN4O2Si2.C16H19BN2O2/c1-45(2,3)18-16-43-25-41(26-44-17-19-46(4,5)6)34-23-33(31-21-27-8-9-28(20-27)22-31)40-36-32(24-39-42(34)36)29-10-12-30(13-11-29)35-37-14-7-15-38-35;1-34(2,3)11-9-32-18-30(19-33-10-12-35(4,5)6)25-16-24(29-26-23(27)17-28-31(25)26)22-14-20-7-8-21(13-20)15-22;1-15(2)16(3,4)21-17(20-15)13-8-6-12(7-9-13)14-18-10-5-11-19-14/h7,10-15,23-24,27-28,31H,8-9,16-22,25-26H2,1-6H3;16-17,20-22H,7-15,18-19H2,1-6H3;5-11H,1-4H3/t27-,28+,31?;20-,21+,22?;. The average molecular weight is 1570 g/mol. The molecule has 0 amide bonds. The van der Waals surface area contributed by atoms with E-state index in [4.69, 9.17) is 48.4 Å². The van der Waals surface area contributed by atoms with Gasteiger partial charge in [0.1, 0.15) is 38.6 Å². The van der Waals surface area contributed by atoms with Gasteiger partial charge in [-0.3, -0.25) is 0 Å². The Morgan fingerprint density at radius 2 is 0.814 bits per heavy atom. The van der Waals surface area contributed by atoms with Crippen LogP contribution in [0.4, 0.5) is 11.6 Å². The van der Waals surface area contributed by atoms with E-state index in [-0.39, 0.29) is 18.3 Å². The van der Waals surface area contributed by atoms with Crippen LogP contribution in [0.2, 0.25) is 103 Å². The highest BCUT2D eigenvalue weighted by molar-refractivity contribution is 14.1. The van der Waals surface area contributed by atoms with E-state index in [0.29, 0.717) is 38.8 Å². The smallest absolute Gasteiger partial charge is 0.399 e. The van der Waals surface area contributed by atoms with E-state index in [0.717, 1.165) is 128 Å². The van der Waals surface area contributed by atoms with Crippen LogP contribution in [0.1, 0.15) is 115 Å². The minimum atomic E-state index is -1.21. The molecule has 24 heteroatoms. The van der Waals surface area contributed by atoms with E-state index in [1.165, 1.54) is 87.7 Å². The van der Waals surface area contributed by atoms with Crippen molar-refractivity contribution in [3.05, 3.63) is 125 Å². The topological polar surface area (TPSA) is 174 Å². The summed E-state index contributed by atoms with van der Waals surface area (Å²) in [5.41, 5.74) is 8.72. The van der Waals surface area contributed by atoms with E-state index >= 15 is 0 Å². The molecule has 7 heterocycles. The SMILES string of the molecule is CC1(C)OB(c2ccc(-c3ncccn3)cc2)OC1(C)C.C[Si](C)(C)CCOCN(COCC[Si](C)(C)C)c1cc(C2C[C@H]3CC[C@@H](C2)C3)nc2c(-c3ccc(-c4ncccn4)cc3)cnn12.C[Si](C)(C)CCOCN(COCC[Si](C)(C)C)c1cc(C2C[C@H]3CC[C@@H](C2)C3)nc2c(I)cnn12. The summed E-state index contributed by atoms with van der Waals surface area (Å²) < 4.78 is 42.4. The molecule has 4 aliphatic carbocycles. The quantitative estimate of drug-likeness (QED) is 0.0196. The second-order valence-corrected chi connectivity index (χ2v) is 59.1. The molecule has 0 N–H and O–H groups in total. The van der Waals surface area contributed by atoms with Gasteiger partial charge in [-0.05, 0) is 160 Å². The molecule has 18 nitrogen and oxygen atoms in total. The second kappa shape index (κ2) is 33.8. The van der Waals surface area contributed by atoms with Crippen molar-refractivity contribution >= 4 is 90.4 Å². The number of hydrogen-bond donors (Lipinski definition) is 0. The number of hydrogen-bond acceptors (Lipinski definition) is 16. The molecule has 1 saturated heterocycles. The number of ether oxygens (including phenoxy) is 4. The molecular weight excluding hydrogens is 1450 g/mol. The average Bonchev–Trinajstić information content (AvgIpc) is 1.57. The minimum absolute atomic E-state index is 0.321. The van der Waals surface area contributed by atoms with Crippen molar-refractivity contribution in [1.29, 1.82) is 0 Å². The summed E-state index contributed by atoms with van der Waals surface area (Å²) in [4.78, 5) is 32.4. The van der Waals surface area contributed by atoms with Crippen LogP contribution in [0.15, 0.2) is 110 Å². The zero-order valence-electron chi connectivity index (χ0n) is 64.2. The van der Waals surface area contributed by atoms with Crippen molar-refractivity contribution in [2.45, 2.75) is 218 Å². The Bertz CT molecular complexity index is 3900. The molecule has 8 aromatic rings. The van der Waals surface area contributed by atoms with Gasteiger partial charge in [0.2, 0.25) is 0 Å². The summed E-state index contributed by atoms with van der Waals surface area (Å²) in [6, 6.07) is 29.3. The molecule has 2 aromatic carbocycles. The highest BCUT2D eigenvalue weighted by atomic mass is 127. The Morgan fingerprint density at radius 3 is 1.20 bits per heavy atom. The van der Waals surface area contributed by atoms with Gasteiger partial charge in [-0.1, -0.05) is 153 Å². The lowest BCUT2D eigenvalue weighted by Gasteiger charge is -2.32. The summed E-state index contributed by atoms with van der Waals surface area (Å²) in [6.45, 7) is 42.1. The van der Waals surface area contributed by atoms with E-state index in [1.807, 2.05) is 57.8 Å². The van der Waals surface area contributed by atoms with Gasteiger partial charge < -0.3 is 38.1 Å². The van der Waals surface area contributed by atoms with E-state index in [1.54, 1.807) is 24.8 Å². The lowest BCUT2D eigenvalue weighted by atomic mass is 9.79. The molecule has 1 aliphatic heterocycles. The molecule has 0 radical (unpaired) electrons. The molecule has 13 rings (SSSR count). The zero-order chi connectivity index (χ0) is 72.6. The predicted molar refractivity (Wildman–Crippen MR) is 435 cm³/mol. The van der Waals surface area contributed by atoms with E-state index < -0.39 is 32.3 Å². The van der Waals surface area contributed by atoms with Crippen LogP contribution >= 0.6 is 22.6 Å². The van der Waals surface area contributed by atoms with Gasteiger partial charge in [-0.15, -0.1) is 0 Å². The van der Waals surface area contributed by atoms with Gasteiger partial charge in [0.05, 0.1) is 27.2 Å². The largest absolute Gasteiger partial charge is 0.494 e. The lowest BCUT2D eigenvalue weighted by molar-refractivity contribution is 0.00578. The summed E-state index contributed by atoms with van der Waals surface area (Å²) in [6.07, 6.45) is 24.3.